The van der Waals surface area contributed by atoms with Crippen LogP contribution in [0.4, 0.5) is 11.8 Å². The molecule has 1 aliphatic heterocycles. The highest BCUT2D eigenvalue weighted by Gasteiger charge is 2.85. The molecule has 3 aliphatic rings. The summed E-state index contributed by atoms with van der Waals surface area (Å²) in [6.45, 7) is 4.60. The molecular formula is C38H49N8O9P. The molecule has 17 nitrogen and oxygen atoms in total. The third-order valence-corrected chi connectivity index (χ3v) is 12.4. The van der Waals surface area contributed by atoms with Gasteiger partial charge in [-0.15, -0.1) is 0 Å². The molecule has 2 aliphatic carbocycles. The Balaban J connectivity index is 1.13. The van der Waals surface area contributed by atoms with Crippen molar-refractivity contribution >= 4 is 42.5 Å². The zero-order valence-electron chi connectivity index (χ0n) is 31.5. The van der Waals surface area contributed by atoms with E-state index in [-0.39, 0.29) is 38.0 Å². The summed E-state index contributed by atoms with van der Waals surface area (Å²) in [4.78, 5) is 39.9. The number of ether oxygens (including phenoxy) is 3. The van der Waals surface area contributed by atoms with E-state index >= 15 is 4.57 Å². The van der Waals surface area contributed by atoms with Crippen molar-refractivity contribution in [1.29, 1.82) is 0 Å². The van der Waals surface area contributed by atoms with Crippen molar-refractivity contribution in [3.8, 4) is 0 Å². The molecule has 300 valence electrons. The lowest BCUT2D eigenvalue weighted by Gasteiger charge is -2.30. The van der Waals surface area contributed by atoms with Crippen LogP contribution in [0.2, 0.25) is 0 Å². The van der Waals surface area contributed by atoms with Crippen LogP contribution in [0.1, 0.15) is 57.2 Å². The number of anilines is 2. The molecule has 0 spiro atoms. The number of aryl methyl sites for hydroxylation is 1. The number of rotatable bonds is 19. The maximum Gasteiger partial charge on any atom is 0.342 e. The van der Waals surface area contributed by atoms with E-state index in [1.165, 1.54) is 6.33 Å². The second-order valence-corrected chi connectivity index (χ2v) is 16.4. The van der Waals surface area contributed by atoms with E-state index < -0.39 is 67.8 Å². The topological polar surface area (TPSA) is 234 Å². The highest BCUT2D eigenvalue weighted by Crippen LogP contribution is 2.68. The van der Waals surface area contributed by atoms with E-state index in [1.54, 1.807) is 25.3 Å². The second kappa shape index (κ2) is 16.2. The highest BCUT2D eigenvalue weighted by atomic mass is 31.2. The van der Waals surface area contributed by atoms with Crippen molar-refractivity contribution in [2.45, 2.75) is 100 Å². The minimum atomic E-state index is -4.41. The van der Waals surface area contributed by atoms with Crippen LogP contribution in [0.3, 0.4) is 0 Å². The minimum absolute atomic E-state index is 0.0205. The summed E-state index contributed by atoms with van der Waals surface area (Å²) in [6.07, 6.45) is 1.47. The Bertz CT molecular complexity index is 2070. The number of nitrogen functional groups attached to an aromatic ring is 1. The maximum absolute atomic E-state index is 15.0. The SMILES string of the molecule is CCOC(=O)C(CCc1ccccc1)NP(=O)(NC(Cc1ccccc1)C(=O)OCC)OCC1OC2(C)C(n3cnc4c(NC5CC5)nc(N)nc43)C2(O)C1O. The number of carbonyl (C=O) groups excluding carboxylic acids is 2. The van der Waals surface area contributed by atoms with E-state index in [0.29, 0.717) is 23.4 Å². The van der Waals surface area contributed by atoms with Crippen LogP contribution in [-0.4, -0.2) is 103 Å². The summed E-state index contributed by atoms with van der Waals surface area (Å²) in [7, 11) is -4.41. The van der Waals surface area contributed by atoms with Gasteiger partial charge in [0.1, 0.15) is 41.5 Å². The van der Waals surface area contributed by atoms with E-state index in [9.17, 15) is 19.8 Å². The molecule has 4 aromatic rings. The number of hydrogen-bond acceptors (Lipinski definition) is 14. The van der Waals surface area contributed by atoms with Gasteiger partial charge in [0.25, 0.3) is 0 Å². The number of imidazole rings is 1. The summed E-state index contributed by atoms with van der Waals surface area (Å²) in [6, 6.07) is 15.7. The molecule has 2 aromatic carbocycles. The third kappa shape index (κ3) is 8.03. The average Bonchev–Trinajstić information content (AvgIpc) is 4.01. The average molecular weight is 793 g/mol. The lowest BCUT2D eigenvalue weighted by molar-refractivity contribution is -0.145. The van der Waals surface area contributed by atoms with Crippen molar-refractivity contribution in [3.05, 3.63) is 78.1 Å². The van der Waals surface area contributed by atoms with Crippen LogP contribution in [0, 0.1) is 0 Å². The maximum atomic E-state index is 15.0. The molecule has 8 atom stereocenters. The smallest absolute Gasteiger partial charge is 0.342 e. The molecule has 7 rings (SSSR count). The summed E-state index contributed by atoms with van der Waals surface area (Å²) in [5.41, 5.74) is 5.40. The van der Waals surface area contributed by atoms with E-state index in [2.05, 4.69) is 30.4 Å². The van der Waals surface area contributed by atoms with Gasteiger partial charge in [0.2, 0.25) is 5.95 Å². The third-order valence-electron chi connectivity index (χ3n) is 10.5. The monoisotopic (exact) mass is 792 g/mol. The predicted molar refractivity (Wildman–Crippen MR) is 205 cm³/mol. The molecule has 2 aromatic heterocycles. The van der Waals surface area contributed by atoms with Crippen LogP contribution in [0.5, 0.6) is 0 Å². The van der Waals surface area contributed by atoms with Gasteiger partial charge < -0.3 is 44.6 Å². The Morgan fingerprint density at radius 3 is 2.23 bits per heavy atom. The fourth-order valence-corrected chi connectivity index (χ4v) is 9.34. The van der Waals surface area contributed by atoms with Crippen LogP contribution in [0.15, 0.2) is 67.0 Å². The van der Waals surface area contributed by atoms with Crippen molar-refractivity contribution < 1.29 is 43.1 Å². The number of aromatic nitrogens is 4. The highest BCUT2D eigenvalue weighted by molar-refractivity contribution is 7.54. The Labute approximate surface area is 324 Å². The van der Waals surface area contributed by atoms with Gasteiger partial charge in [0, 0.05) is 6.04 Å². The van der Waals surface area contributed by atoms with Gasteiger partial charge in [-0.1, -0.05) is 60.7 Å². The largest absolute Gasteiger partial charge is 0.465 e. The number of nitrogens with zero attached hydrogens (tertiary/aromatic N) is 4. The van der Waals surface area contributed by atoms with Crippen LogP contribution < -0.4 is 21.2 Å². The molecule has 56 heavy (non-hydrogen) atoms. The molecule has 0 bridgehead atoms. The number of fused-ring (bicyclic) bond motifs is 2. The number of esters is 2. The normalized spacial score (nSPS) is 26.2. The molecule has 18 heteroatoms. The van der Waals surface area contributed by atoms with Gasteiger partial charge in [-0.25, -0.2) is 15.2 Å². The first kappa shape index (κ1) is 39.7. The van der Waals surface area contributed by atoms with E-state index in [0.717, 1.165) is 24.0 Å². The number of aliphatic hydroxyl groups is 2. The van der Waals surface area contributed by atoms with Crippen molar-refractivity contribution in [1.82, 2.24) is 29.7 Å². The Kier molecular flexibility index (Phi) is 11.5. The standard InChI is InChI=1S/C38H49N8O9P/c1-4-52-33(48)26(19-16-23-12-8-6-9-13-23)44-56(51,45-27(34(49)53-5-2)20-24-14-10-7-11-15-24)54-21-28-30(47)38(50)35(37(38,3)55-28)46-22-40-29-31(41-25-17-18-25)42-36(39)43-32(29)46/h6-15,22,25-28,30,35,47,50H,4-5,16-21H2,1-3H3,(H2,44,45,51)(H3,39,41,42,43). The first-order valence-electron chi connectivity index (χ1n) is 18.9. The minimum Gasteiger partial charge on any atom is -0.465 e. The van der Waals surface area contributed by atoms with Gasteiger partial charge in [-0.05, 0) is 64.0 Å². The first-order chi connectivity index (χ1) is 26.9. The molecule has 3 heterocycles. The number of carbonyl (C=O) groups is 2. The molecule has 0 amide bonds. The lowest BCUT2D eigenvalue weighted by Crippen LogP contribution is -2.47. The van der Waals surface area contributed by atoms with Gasteiger partial charge in [-0.3, -0.25) is 14.2 Å². The molecule has 1 saturated heterocycles. The lowest BCUT2D eigenvalue weighted by atomic mass is 10.1. The van der Waals surface area contributed by atoms with Gasteiger partial charge in [0.05, 0.1) is 26.1 Å². The molecule has 7 N–H and O–H groups in total. The van der Waals surface area contributed by atoms with Crippen LogP contribution in [0.25, 0.3) is 11.2 Å². The van der Waals surface area contributed by atoms with Crippen LogP contribution >= 0.6 is 7.67 Å². The van der Waals surface area contributed by atoms with Crippen molar-refractivity contribution in [2.75, 3.05) is 30.9 Å². The summed E-state index contributed by atoms with van der Waals surface area (Å²) in [5.74, 6) is -0.847. The van der Waals surface area contributed by atoms with Crippen molar-refractivity contribution in [3.63, 3.8) is 0 Å². The van der Waals surface area contributed by atoms with Gasteiger partial charge >= 0.3 is 19.6 Å². The summed E-state index contributed by atoms with van der Waals surface area (Å²) >= 11 is 0. The molecule has 8 unspecified atom stereocenters. The summed E-state index contributed by atoms with van der Waals surface area (Å²) < 4.78 is 39.7. The Hall–Kier alpha value is -4.48. The zero-order chi connectivity index (χ0) is 39.7. The fraction of sp³-hybridized carbons (Fsp3) is 0.500. The van der Waals surface area contributed by atoms with Crippen LogP contribution in [-0.2, 0) is 45.7 Å². The molecule has 0 radical (unpaired) electrons. The van der Waals surface area contributed by atoms with Gasteiger partial charge in [-0.2, -0.15) is 9.97 Å². The number of hydrogen-bond donors (Lipinski definition) is 6. The fourth-order valence-electron chi connectivity index (χ4n) is 7.51. The van der Waals surface area contributed by atoms with Crippen molar-refractivity contribution in [2.24, 2.45) is 0 Å². The molecular weight excluding hydrogens is 743 g/mol. The second-order valence-electron chi connectivity index (χ2n) is 14.5. The number of benzene rings is 2. The quantitative estimate of drug-likeness (QED) is 0.0592. The predicted octanol–water partition coefficient (Wildman–Crippen LogP) is 2.83. The van der Waals surface area contributed by atoms with E-state index in [4.69, 9.17) is 24.5 Å². The zero-order valence-corrected chi connectivity index (χ0v) is 32.4. The summed E-state index contributed by atoms with van der Waals surface area (Å²) in [5, 5.41) is 32.6. The number of aliphatic hydroxyl groups excluding tert-OH is 1. The molecule has 3 fully saturated rings. The van der Waals surface area contributed by atoms with Gasteiger partial charge in [0.15, 0.2) is 17.0 Å². The molecule has 2 saturated carbocycles. The number of nitrogens with one attached hydrogen (secondary N) is 3. The Morgan fingerprint density at radius 1 is 1.00 bits per heavy atom. The number of nitrogens with two attached hydrogens (primary N) is 1. The first-order valence-corrected chi connectivity index (χ1v) is 20.6. The van der Waals surface area contributed by atoms with E-state index in [1.807, 2.05) is 60.7 Å². The Morgan fingerprint density at radius 2 is 1.62 bits per heavy atom.